The molecule has 2 aromatic rings. The number of carbonyl (C=O) groups is 1. The summed E-state index contributed by atoms with van der Waals surface area (Å²) in [5.74, 6) is -0.296. The number of nitrogens with two attached hydrogens (primary N) is 1. The average Bonchev–Trinajstić information content (AvgIpc) is 2.65. The summed E-state index contributed by atoms with van der Waals surface area (Å²) in [7, 11) is -3.74. The number of amides is 1. The molecule has 6 nitrogen and oxygen atoms in total. The maximum atomic E-state index is 12.6. The highest BCUT2D eigenvalue weighted by molar-refractivity contribution is 7.89. The summed E-state index contributed by atoms with van der Waals surface area (Å²) in [6, 6.07) is 15.0. The second-order valence-corrected chi connectivity index (χ2v) is 7.75. The second kappa shape index (κ2) is 9.47. The van der Waals surface area contributed by atoms with Crippen molar-refractivity contribution in [2.75, 3.05) is 13.1 Å². The van der Waals surface area contributed by atoms with Gasteiger partial charge in [0.25, 0.3) is 5.91 Å². The number of hydrogen-bond acceptors (Lipinski definition) is 4. The minimum absolute atomic E-state index is 0.0647. The average molecular weight is 375 g/mol. The van der Waals surface area contributed by atoms with Gasteiger partial charge in [0.05, 0.1) is 4.90 Å². The molecule has 0 bridgehead atoms. The van der Waals surface area contributed by atoms with Crippen LogP contribution >= 0.6 is 0 Å². The van der Waals surface area contributed by atoms with E-state index < -0.39 is 10.0 Å². The SMILES string of the molecule is CC(NS(=O)(=O)c1cccc(C(=O)NCCCCN)c1)c1ccccc1. The van der Waals surface area contributed by atoms with Gasteiger partial charge in [-0.15, -0.1) is 0 Å². The molecule has 1 unspecified atom stereocenters. The molecule has 26 heavy (non-hydrogen) atoms. The first kappa shape index (κ1) is 20.1. The van der Waals surface area contributed by atoms with E-state index in [1.807, 2.05) is 30.3 Å². The molecule has 0 fully saturated rings. The van der Waals surface area contributed by atoms with E-state index in [0.29, 0.717) is 18.7 Å². The molecule has 1 atom stereocenters. The molecule has 1 amide bonds. The first-order chi connectivity index (χ1) is 12.4. The predicted molar refractivity (Wildman–Crippen MR) is 102 cm³/mol. The summed E-state index contributed by atoms with van der Waals surface area (Å²) in [6.07, 6.45) is 1.62. The van der Waals surface area contributed by atoms with E-state index in [-0.39, 0.29) is 16.8 Å². The molecule has 7 heteroatoms. The van der Waals surface area contributed by atoms with Crippen molar-refractivity contribution in [3.05, 3.63) is 65.7 Å². The van der Waals surface area contributed by atoms with Gasteiger partial charge in [0.15, 0.2) is 0 Å². The van der Waals surface area contributed by atoms with Crippen LogP contribution in [-0.2, 0) is 10.0 Å². The zero-order chi connectivity index (χ0) is 19.0. The van der Waals surface area contributed by atoms with Crippen LogP contribution in [0.5, 0.6) is 0 Å². The van der Waals surface area contributed by atoms with Crippen LogP contribution in [0.1, 0.15) is 41.7 Å². The molecule has 0 aliphatic rings. The van der Waals surface area contributed by atoms with Crippen LogP contribution in [0.2, 0.25) is 0 Å². The number of rotatable bonds is 9. The second-order valence-electron chi connectivity index (χ2n) is 6.03. The lowest BCUT2D eigenvalue weighted by atomic mass is 10.1. The number of unbranched alkanes of at least 4 members (excludes halogenated alkanes) is 1. The fraction of sp³-hybridized carbons (Fsp3) is 0.316. The highest BCUT2D eigenvalue weighted by Gasteiger charge is 2.19. The van der Waals surface area contributed by atoms with Crippen molar-refractivity contribution < 1.29 is 13.2 Å². The maximum Gasteiger partial charge on any atom is 0.251 e. The van der Waals surface area contributed by atoms with Crippen molar-refractivity contribution in [2.45, 2.75) is 30.7 Å². The van der Waals surface area contributed by atoms with Crippen molar-refractivity contribution in [3.8, 4) is 0 Å². The Hall–Kier alpha value is -2.22. The molecule has 0 heterocycles. The highest BCUT2D eigenvalue weighted by Crippen LogP contribution is 2.17. The lowest BCUT2D eigenvalue weighted by molar-refractivity contribution is 0.0953. The van der Waals surface area contributed by atoms with Gasteiger partial charge in [-0.3, -0.25) is 4.79 Å². The first-order valence-electron chi connectivity index (χ1n) is 8.59. The van der Waals surface area contributed by atoms with Gasteiger partial charge >= 0.3 is 0 Å². The Morgan fingerprint density at radius 3 is 2.50 bits per heavy atom. The standard InChI is InChI=1S/C19H25N3O3S/c1-15(16-8-3-2-4-9-16)22-26(24,25)18-11-7-10-17(14-18)19(23)21-13-6-5-12-20/h2-4,7-11,14-15,22H,5-6,12-13,20H2,1H3,(H,21,23). The molecule has 140 valence electrons. The summed E-state index contributed by atoms with van der Waals surface area (Å²) in [4.78, 5) is 12.2. The molecule has 0 saturated heterocycles. The molecule has 0 aromatic heterocycles. The molecule has 2 aromatic carbocycles. The number of benzene rings is 2. The van der Waals surface area contributed by atoms with Crippen molar-refractivity contribution in [1.82, 2.24) is 10.0 Å². The maximum absolute atomic E-state index is 12.6. The van der Waals surface area contributed by atoms with E-state index >= 15 is 0 Å². The minimum Gasteiger partial charge on any atom is -0.352 e. The van der Waals surface area contributed by atoms with E-state index in [1.165, 1.54) is 12.1 Å². The van der Waals surface area contributed by atoms with Crippen molar-refractivity contribution >= 4 is 15.9 Å². The monoisotopic (exact) mass is 375 g/mol. The van der Waals surface area contributed by atoms with Crippen molar-refractivity contribution in [3.63, 3.8) is 0 Å². The molecular weight excluding hydrogens is 350 g/mol. The van der Waals surface area contributed by atoms with Crippen LogP contribution in [0.4, 0.5) is 0 Å². The minimum atomic E-state index is -3.74. The molecular formula is C19H25N3O3S. The first-order valence-corrected chi connectivity index (χ1v) is 10.1. The third-order valence-electron chi connectivity index (χ3n) is 3.95. The Morgan fingerprint density at radius 2 is 1.81 bits per heavy atom. The topological polar surface area (TPSA) is 101 Å². The largest absolute Gasteiger partial charge is 0.352 e. The van der Waals surface area contributed by atoms with Crippen LogP contribution in [0.15, 0.2) is 59.5 Å². The number of nitrogens with one attached hydrogen (secondary N) is 2. The number of carbonyl (C=O) groups excluding carboxylic acids is 1. The van der Waals surface area contributed by atoms with Crippen LogP contribution in [0.25, 0.3) is 0 Å². The molecule has 0 radical (unpaired) electrons. The summed E-state index contributed by atoms with van der Waals surface area (Å²) >= 11 is 0. The van der Waals surface area contributed by atoms with Crippen molar-refractivity contribution in [1.29, 1.82) is 0 Å². The third kappa shape index (κ3) is 5.66. The summed E-state index contributed by atoms with van der Waals surface area (Å²) in [6.45, 7) is 2.87. The van der Waals surface area contributed by atoms with Gasteiger partial charge in [0.2, 0.25) is 10.0 Å². The lowest BCUT2D eigenvalue weighted by Gasteiger charge is -2.15. The molecule has 0 spiro atoms. The lowest BCUT2D eigenvalue weighted by Crippen LogP contribution is -2.28. The van der Waals surface area contributed by atoms with Crippen LogP contribution in [0, 0.1) is 0 Å². The van der Waals surface area contributed by atoms with Gasteiger partial charge in [0.1, 0.15) is 0 Å². The normalized spacial score (nSPS) is 12.5. The van der Waals surface area contributed by atoms with Gasteiger partial charge in [-0.1, -0.05) is 36.4 Å². The van der Waals surface area contributed by atoms with E-state index in [9.17, 15) is 13.2 Å². The Morgan fingerprint density at radius 1 is 1.08 bits per heavy atom. The van der Waals surface area contributed by atoms with E-state index in [4.69, 9.17) is 5.73 Å². The quantitative estimate of drug-likeness (QED) is 0.585. The van der Waals surface area contributed by atoms with Gasteiger partial charge in [0, 0.05) is 18.2 Å². The molecule has 0 aliphatic heterocycles. The predicted octanol–water partition coefficient (Wildman–Crippen LogP) is 2.19. The van der Waals surface area contributed by atoms with E-state index in [2.05, 4.69) is 10.0 Å². The zero-order valence-corrected chi connectivity index (χ0v) is 15.6. The van der Waals surface area contributed by atoms with E-state index in [1.54, 1.807) is 19.1 Å². The summed E-state index contributed by atoms with van der Waals surface area (Å²) in [5, 5.41) is 2.77. The highest BCUT2D eigenvalue weighted by atomic mass is 32.2. The Balaban J connectivity index is 2.08. The van der Waals surface area contributed by atoms with Gasteiger partial charge in [-0.05, 0) is 50.1 Å². The number of sulfonamides is 1. The van der Waals surface area contributed by atoms with Crippen LogP contribution in [0.3, 0.4) is 0 Å². The van der Waals surface area contributed by atoms with Gasteiger partial charge < -0.3 is 11.1 Å². The van der Waals surface area contributed by atoms with Crippen LogP contribution < -0.4 is 15.8 Å². The fourth-order valence-corrected chi connectivity index (χ4v) is 3.77. The van der Waals surface area contributed by atoms with Crippen molar-refractivity contribution in [2.24, 2.45) is 5.73 Å². The Bertz CT molecular complexity index is 823. The van der Waals surface area contributed by atoms with Gasteiger partial charge in [-0.2, -0.15) is 0 Å². The van der Waals surface area contributed by atoms with Gasteiger partial charge in [-0.25, -0.2) is 13.1 Å². The smallest absolute Gasteiger partial charge is 0.251 e. The molecule has 4 N–H and O–H groups in total. The van der Waals surface area contributed by atoms with E-state index in [0.717, 1.165) is 18.4 Å². The third-order valence-corrected chi connectivity index (χ3v) is 5.49. The zero-order valence-electron chi connectivity index (χ0n) is 14.8. The Labute approximate surface area is 154 Å². The fourth-order valence-electron chi connectivity index (χ4n) is 2.49. The molecule has 0 saturated carbocycles. The molecule has 0 aliphatic carbocycles. The van der Waals surface area contributed by atoms with Crippen LogP contribution in [-0.4, -0.2) is 27.4 Å². The summed E-state index contributed by atoms with van der Waals surface area (Å²) in [5.41, 5.74) is 6.60. The number of hydrogen-bond donors (Lipinski definition) is 3. The summed E-state index contributed by atoms with van der Waals surface area (Å²) < 4.78 is 27.9. The Kier molecular flexibility index (Phi) is 7.32. The molecule has 2 rings (SSSR count).